The predicted molar refractivity (Wildman–Crippen MR) is 80.8 cm³/mol. The highest BCUT2D eigenvalue weighted by molar-refractivity contribution is 5.81. The summed E-state index contributed by atoms with van der Waals surface area (Å²) in [6.07, 6.45) is 0.516. The molecule has 0 heterocycles. The lowest BCUT2D eigenvalue weighted by molar-refractivity contribution is -0.483. The molecule has 4 heteroatoms. The van der Waals surface area contributed by atoms with Crippen LogP contribution in [0.4, 0.5) is 0 Å². The molecule has 21 heavy (non-hydrogen) atoms. The average Bonchev–Trinajstić information content (AvgIpc) is 2.48. The summed E-state index contributed by atoms with van der Waals surface area (Å²) < 4.78 is 0. The number of rotatable bonds is 7. The molecule has 2 aromatic rings. The van der Waals surface area contributed by atoms with Crippen molar-refractivity contribution in [3.05, 3.63) is 81.9 Å². The monoisotopic (exact) mass is 283 g/mol. The first-order chi connectivity index (χ1) is 10.1. The second kappa shape index (κ2) is 7.33. The Kier molecular flexibility index (Phi) is 5.21. The first kappa shape index (κ1) is 14.9. The zero-order valence-electron chi connectivity index (χ0n) is 11.6. The lowest BCUT2D eigenvalue weighted by Gasteiger charge is -2.12. The fourth-order valence-corrected chi connectivity index (χ4v) is 2.36. The summed E-state index contributed by atoms with van der Waals surface area (Å²) in [5.41, 5.74) is 1.78. The highest BCUT2D eigenvalue weighted by Crippen LogP contribution is 2.21. The van der Waals surface area contributed by atoms with Crippen LogP contribution in [-0.2, 0) is 11.2 Å². The predicted octanol–water partition coefficient (Wildman–Crippen LogP) is 3.25. The Morgan fingerprint density at radius 3 is 2.14 bits per heavy atom. The minimum Gasteiger partial charge on any atom is -0.299 e. The number of hydrogen-bond donors (Lipinski definition) is 0. The average molecular weight is 283 g/mol. The van der Waals surface area contributed by atoms with Crippen molar-refractivity contribution >= 4 is 5.78 Å². The van der Waals surface area contributed by atoms with Gasteiger partial charge in [-0.15, -0.1) is 0 Å². The summed E-state index contributed by atoms with van der Waals surface area (Å²) >= 11 is 0. The third-order valence-electron chi connectivity index (χ3n) is 3.36. The lowest BCUT2D eigenvalue weighted by Crippen LogP contribution is -2.17. The molecule has 0 bridgehead atoms. The Bertz CT molecular complexity index is 596. The minimum atomic E-state index is -0.364. The second-order valence-corrected chi connectivity index (χ2v) is 5.03. The number of nitro groups is 1. The molecule has 0 spiro atoms. The van der Waals surface area contributed by atoms with Crippen LogP contribution >= 0.6 is 0 Å². The van der Waals surface area contributed by atoms with Crippen molar-refractivity contribution in [2.45, 2.75) is 18.8 Å². The largest absolute Gasteiger partial charge is 0.299 e. The van der Waals surface area contributed by atoms with E-state index < -0.39 is 0 Å². The summed E-state index contributed by atoms with van der Waals surface area (Å²) in [7, 11) is 0. The van der Waals surface area contributed by atoms with Crippen LogP contribution in [0, 0.1) is 10.1 Å². The van der Waals surface area contributed by atoms with Crippen LogP contribution in [0.3, 0.4) is 0 Å². The minimum absolute atomic E-state index is 0.0249. The van der Waals surface area contributed by atoms with Gasteiger partial charge in [-0.3, -0.25) is 14.9 Å². The molecule has 0 saturated heterocycles. The van der Waals surface area contributed by atoms with Gasteiger partial charge in [-0.2, -0.15) is 0 Å². The van der Waals surface area contributed by atoms with Crippen LogP contribution in [0.2, 0.25) is 0 Å². The van der Waals surface area contributed by atoms with E-state index in [0.29, 0.717) is 6.42 Å². The Labute approximate surface area is 123 Å². The fraction of sp³-hybridized carbons (Fsp3) is 0.235. The molecular weight excluding hydrogens is 266 g/mol. The van der Waals surface area contributed by atoms with Crippen molar-refractivity contribution in [1.29, 1.82) is 0 Å². The molecule has 0 aliphatic rings. The normalized spacial score (nSPS) is 11.8. The molecule has 1 unspecified atom stereocenters. The Balaban J connectivity index is 2.05. The van der Waals surface area contributed by atoms with Crippen LogP contribution in [0.1, 0.15) is 23.5 Å². The van der Waals surface area contributed by atoms with Gasteiger partial charge < -0.3 is 0 Å². The second-order valence-electron chi connectivity index (χ2n) is 5.03. The standard InChI is InChI=1S/C17H17NO3/c19-17(11-14-7-3-1-4-8-14)12-16(13-18(20)21)15-9-5-2-6-10-15/h1-10,16H,11-13H2. The van der Waals surface area contributed by atoms with Gasteiger partial charge in [0.2, 0.25) is 6.54 Å². The van der Waals surface area contributed by atoms with Crippen LogP contribution in [-0.4, -0.2) is 17.3 Å². The highest BCUT2D eigenvalue weighted by Gasteiger charge is 2.21. The van der Waals surface area contributed by atoms with Crippen molar-refractivity contribution in [2.75, 3.05) is 6.54 Å². The van der Waals surface area contributed by atoms with Crippen molar-refractivity contribution in [3.8, 4) is 0 Å². The molecule has 0 radical (unpaired) electrons. The quantitative estimate of drug-likeness (QED) is 0.579. The molecule has 1 atom stereocenters. The van der Waals surface area contributed by atoms with Crippen LogP contribution in [0.25, 0.3) is 0 Å². The van der Waals surface area contributed by atoms with Crippen molar-refractivity contribution in [2.24, 2.45) is 0 Å². The van der Waals surface area contributed by atoms with Gasteiger partial charge >= 0.3 is 0 Å². The molecule has 0 N–H and O–H groups in total. The van der Waals surface area contributed by atoms with E-state index in [1.807, 2.05) is 60.7 Å². The van der Waals surface area contributed by atoms with Crippen LogP contribution < -0.4 is 0 Å². The van der Waals surface area contributed by atoms with E-state index >= 15 is 0 Å². The number of carbonyl (C=O) groups excluding carboxylic acids is 1. The molecule has 0 aliphatic heterocycles. The molecule has 0 aliphatic carbocycles. The maximum atomic E-state index is 12.2. The molecule has 2 aromatic carbocycles. The number of ketones is 1. The van der Waals surface area contributed by atoms with Crippen molar-refractivity contribution < 1.29 is 9.72 Å². The summed E-state index contributed by atoms with van der Waals surface area (Å²) in [5.74, 6) is -0.339. The fourth-order valence-electron chi connectivity index (χ4n) is 2.36. The Hall–Kier alpha value is -2.49. The molecule has 0 saturated carbocycles. The van der Waals surface area contributed by atoms with Crippen LogP contribution in [0.5, 0.6) is 0 Å². The first-order valence-corrected chi connectivity index (χ1v) is 6.87. The molecule has 2 rings (SSSR count). The van der Waals surface area contributed by atoms with E-state index in [1.54, 1.807) is 0 Å². The SMILES string of the molecule is O=C(Cc1ccccc1)CC(C[N+](=O)[O-])c1ccccc1. The number of Topliss-reactive ketones (excluding diaryl/α,β-unsaturated/α-hetero) is 1. The van der Waals surface area contributed by atoms with Gasteiger partial charge in [0.05, 0.1) is 5.92 Å². The third kappa shape index (κ3) is 4.84. The molecule has 108 valence electrons. The van der Waals surface area contributed by atoms with Gasteiger partial charge in [0.15, 0.2) is 0 Å². The smallest absolute Gasteiger partial charge is 0.211 e. The lowest BCUT2D eigenvalue weighted by atomic mass is 9.92. The third-order valence-corrected chi connectivity index (χ3v) is 3.36. The van der Waals surface area contributed by atoms with E-state index in [1.165, 1.54) is 0 Å². The number of hydrogen-bond acceptors (Lipinski definition) is 3. The molecule has 0 fully saturated rings. The topological polar surface area (TPSA) is 60.2 Å². The molecule has 0 amide bonds. The van der Waals surface area contributed by atoms with E-state index in [-0.39, 0.29) is 29.6 Å². The van der Waals surface area contributed by atoms with Gasteiger partial charge in [0.25, 0.3) is 0 Å². The van der Waals surface area contributed by atoms with Gasteiger partial charge in [-0.1, -0.05) is 60.7 Å². The van der Waals surface area contributed by atoms with E-state index in [0.717, 1.165) is 11.1 Å². The summed E-state index contributed by atoms with van der Waals surface area (Å²) in [4.78, 5) is 22.6. The summed E-state index contributed by atoms with van der Waals surface area (Å²) in [6.45, 7) is -0.218. The van der Waals surface area contributed by atoms with Crippen molar-refractivity contribution in [3.63, 3.8) is 0 Å². The summed E-state index contributed by atoms with van der Waals surface area (Å²) in [6, 6.07) is 18.7. The number of nitrogens with zero attached hydrogens (tertiary/aromatic N) is 1. The van der Waals surface area contributed by atoms with Gasteiger partial charge in [0, 0.05) is 17.8 Å². The number of benzene rings is 2. The van der Waals surface area contributed by atoms with E-state index in [9.17, 15) is 14.9 Å². The van der Waals surface area contributed by atoms with Gasteiger partial charge in [0.1, 0.15) is 5.78 Å². The van der Waals surface area contributed by atoms with Gasteiger partial charge in [-0.05, 0) is 11.1 Å². The molecule has 4 nitrogen and oxygen atoms in total. The Morgan fingerprint density at radius 2 is 1.57 bits per heavy atom. The van der Waals surface area contributed by atoms with Gasteiger partial charge in [-0.25, -0.2) is 0 Å². The maximum absolute atomic E-state index is 12.2. The van der Waals surface area contributed by atoms with E-state index in [2.05, 4.69) is 0 Å². The number of carbonyl (C=O) groups is 1. The highest BCUT2D eigenvalue weighted by atomic mass is 16.6. The first-order valence-electron chi connectivity index (χ1n) is 6.87. The molecule has 0 aromatic heterocycles. The van der Waals surface area contributed by atoms with Crippen molar-refractivity contribution in [1.82, 2.24) is 0 Å². The zero-order chi connectivity index (χ0) is 15.1. The Morgan fingerprint density at radius 1 is 1.00 bits per heavy atom. The van der Waals surface area contributed by atoms with Crippen LogP contribution in [0.15, 0.2) is 60.7 Å². The zero-order valence-corrected chi connectivity index (χ0v) is 11.6. The molecular formula is C17H17NO3. The summed E-state index contributed by atoms with van der Waals surface area (Å²) in [5, 5.41) is 10.8. The maximum Gasteiger partial charge on any atom is 0.211 e. The van der Waals surface area contributed by atoms with E-state index in [4.69, 9.17) is 0 Å².